The third-order valence-corrected chi connectivity index (χ3v) is 3.77. The minimum absolute atomic E-state index is 0.00477. The van der Waals surface area contributed by atoms with Crippen molar-refractivity contribution >= 4 is 21.8 Å². The summed E-state index contributed by atoms with van der Waals surface area (Å²) >= 11 is 3.45. The first-order valence-corrected chi connectivity index (χ1v) is 7.44. The van der Waals surface area contributed by atoms with Gasteiger partial charge in [-0.1, -0.05) is 15.9 Å². The summed E-state index contributed by atoms with van der Waals surface area (Å²) < 4.78 is 6.06. The number of hydrogen-bond acceptors (Lipinski definition) is 3. The fourth-order valence-corrected chi connectivity index (χ4v) is 2.35. The van der Waals surface area contributed by atoms with E-state index in [-0.39, 0.29) is 18.4 Å². The van der Waals surface area contributed by atoms with Crippen LogP contribution in [0.4, 0.5) is 0 Å². The zero-order valence-corrected chi connectivity index (χ0v) is 14.0. The number of carbonyl (C=O) groups excluding carboxylic acids is 1. The highest BCUT2D eigenvalue weighted by molar-refractivity contribution is 9.10. The van der Waals surface area contributed by atoms with Crippen LogP contribution in [0, 0.1) is 0 Å². The molecule has 0 bridgehead atoms. The number of rotatable bonds is 6. The third kappa shape index (κ3) is 4.80. The lowest BCUT2D eigenvalue weighted by molar-refractivity contribution is -0.133. The molecular weight excluding hydrogens is 322 g/mol. The van der Waals surface area contributed by atoms with Crippen LogP contribution in [0.1, 0.15) is 26.3 Å². The van der Waals surface area contributed by atoms with E-state index in [1.165, 1.54) is 0 Å². The molecule has 4 nitrogen and oxygen atoms in total. The van der Waals surface area contributed by atoms with Crippen molar-refractivity contribution in [1.82, 2.24) is 4.90 Å². The Kier molecular flexibility index (Phi) is 6.49. The number of hydrogen-bond donors (Lipinski definition) is 1. The van der Waals surface area contributed by atoms with Crippen molar-refractivity contribution in [3.8, 4) is 5.75 Å². The number of amides is 1. The first-order chi connectivity index (χ1) is 9.35. The zero-order chi connectivity index (χ0) is 15.3. The molecule has 0 saturated heterocycles. The van der Waals surface area contributed by atoms with E-state index in [2.05, 4.69) is 15.9 Å². The van der Waals surface area contributed by atoms with Gasteiger partial charge in [-0.2, -0.15) is 0 Å². The molecule has 1 atom stereocenters. The average Bonchev–Trinajstić information content (AvgIpc) is 2.37. The predicted octanol–water partition coefficient (Wildman–Crippen LogP) is 2.62. The molecule has 0 spiro atoms. The molecule has 1 amide bonds. The minimum Gasteiger partial charge on any atom is -0.497 e. The second-order valence-corrected chi connectivity index (χ2v) is 5.98. The molecule has 112 valence electrons. The average molecular weight is 344 g/mol. The molecule has 0 aliphatic carbocycles. The summed E-state index contributed by atoms with van der Waals surface area (Å²) in [5, 5.41) is 9.50. The van der Waals surface area contributed by atoms with Crippen molar-refractivity contribution < 1.29 is 14.6 Å². The van der Waals surface area contributed by atoms with Crippen LogP contribution in [0.2, 0.25) is 0 Å². The van der Waals surface area contributed by atoms with Gasteiger partial charge in [0.15, 0.2) is 0 Å². The van der Waals surface area contributed by atoms with Crippen LogP contribution in [0.3, 0.4) is 0 Å². The van der Waals surface area contributed by atoms with Crippen molar-refractivity contribution in [1.29, 1.82) is 0 Å². The molecule has 5 heteroatoms. The van der Waals surface area contributed by atoms with Crippen LogP contribution in [0.25, 0.3) is 0 Å². The summed E-state index contributed by atoms with van der Waals surface area (Å²) in [5.74, 6) is 0.720. The van der Waals surface area contributed by atoms with Crippen molar-refractivity contribution in [2.45, 2.75) is 39.3 Å². The Morgan fingerprint density at radius 2 is 2.05 bits per heavy atom. The number of halogens is 1. The number of ether oxygens (including phenoxy) is 1. The van der Waals surface area contributed by atoms with E-state index < -0.39 is 6.10 Å². The van der Waals surface area contributed by atoms with Crippen LogP contribution < -0.4 is 4.74 Å². The lowest BCUT2D eigenvalue weighted by atomic mass is 10.1. The standard InChI is InChI=1S/C15H22BrNO3/c1-10(2)17(9-11(3)18)15(19)8-12-7-13(20-4)5-6-14(12)16/h5-7,10-11,18H,8-9H2,1-4H3. The summed E-state index contributed by atoms with van der Waals surface area (Å²) in [5.41, 5.74) is 0.880. The van der Waals surface area contributed by atoms with Gasteiger partial charge in [-0.25, -0.2) is 0 Å². The van der Waals surface area contributed by atoms with Crippen molar-refractivity contribution in [3.05, 3.63) is 28.2 Å². The summed E-state index contributed by atoms with van der Waals surface area (Å²) in [6.07, 6.45) is -0.252. The van der Waals surface area contributed by atoms with Gasteiger partial charge in [-0.3, -0.25) is 4.79 Å². The number of benzene rings is 1. The highest BCUT2D eigenvalue weighted by Gasteiger charge is 2.20. The molecule has 1 N–H and O–H groups in total. The second kappa shape index (κ2) is 7.64. The van der Waals surface area contributed by atoms with E-state index in [9.17, 15) is 9.90 Å². The van der Waals surface area contributed by atoms with E-state index in [0.717, 1.165) is 15.8 Å². The Bertz CT molecular complexity index is 460. The Labute approximate surface area is 128 Å². The number of nitrogens with zero attached hydrogens (tertiary/aromatic N) is 1. The monoisotopic (exact) mass is 343 g/mol. The fraction of sp³-hybridized carbons (Fsp3) is 0.533. The van der Waals surface area contributed by atoms with Gasteiger partial charge in [0.25, 0.3) is 0 Å². The molecule has 0 aliphatic heterocycles. The van der Waals surface area contributed by atoms with Crippen LogP contribution >= 0.6 is 15.9 Å². The van der Waals surface area contributed by atoms with Gasteiger partial charge in [0.05, 0.1) is 19.6 Å². The maximum absolute atomic E-state index is 12.4. The van der Waals surface area contributed by atoms with Crippen LogP contribution in [-0.4, -0.2) is 41.7 Å². The van der Waals surface area contributed by atoms with Crippen LogP contribution in [0.5, 0.6) is 5.75 Å². The molecule has 0 fully saturated rings. The van der Waals surface area contributed by atoms with Gasteiger partial charge in [0.2, 0.25) is 5.91 Å². The quantitative estimate of drug-likeness (QED) is 0.863. The second-order valence-electron chi connectivity index (χ2n) is 5.12. The summed E-state index contributed by atoms with van der Waals surface area (Å²) in [6.45, 7) is 5.92. The molecule has 0 heterocycles. The highest BCUT2D eigenvalue weighted by atomic mass is 79.9. The van der Waals surface area contributed by atoms with E-state index in [4.69, 9.17) is 4.74 Å². The lowest BCUT2D eigenvalue weighted by Crippen LogP contribution is -2.42. The van der Waals surface area contributed by atoms with Gasteiger partial charge < -0.3 is 14.7 Å². The smallest absolute Gasteiger partial charge is 0.227 e. The number of aliphatic hydroxyl groups excluding tert-OH is 1. The van der Waals surface area contributed by atoms with Crippen LogP contribution in [-0.2, 0) is 11.2 Å². The largest absolute Gasteiger partial charge is 0.497 e. The lowest BCUT2D eigenvalue weighted by Gasteiger charge is -2.28. The summed E-state index contributed by atoms with van der Waals surface area (Å²) in [6, 6.07) is 5.62. The van der Waals surface area contributed by atoms with E-state index in [1.807, 2.05) is 32.0 Å². The molecule has 0 aliphatic rings. The van der Waals surface area contributed by atoms with Gasteiger partial charge in [-0.15, -0.1) is 0 Å². The normalized spacial score (nSPS) is 12.3. The van der Waals surface area contributed by atoms with E-state index in [0.29, 0.717) is 6.54 Å². The number of carbonyl (C=O) groups is 1. The van der Waals surface area contributed by atoms with Gasteiger partial charge in [0, 0.05) is 17.1 Å². The van der Waals surface area contributed by atoms with Gasteiger partial charge in [-0.05, 0) is 44.5 Å². The van der Waals surface area contributed by atoms with Crippen molar-refractivity contribution in [2.24, 2.45) is 0 Å². The van der Waals surface area contributed by atoms with Crippen LogP contribution in [0.15, 0.2) is 22.7 Å². The first kappa shape index (κ1) is 17.0. The summed E-state index contributed by atoms with van der Waals surface area (Å²) in [7, 11) is 1.60. The third-order valence-electron chi connectivity index (χ3n) is 3.00. The summed E-state index contributed by atoms with van der Waals surface area (Å²) in [4.78, 5) is 14.1. The van der Waals surface area contributed by atoms with E-state index >= 15 is 0 Å². The van der Waals surface area contributed by atoms with E-state index in [1.54, 1.807) is 18.9 Å². The molecular formula is C15H22BrNO3. The van der Waals surface area contributed by atoms with Crippen molar-refractivity contribution in [3.63, 3.8) is 0 Å². The molecule has 1 rings (SSSR count). The minimum atomic E-state index is -0.532. The maximum atomic E-state index is 12.4. The van der Waals surface area contributed by atoms with Gasteiger partial charge >= 0.3 is 0 Å². The Balaban J connectivity index is 2.87. The van der Waals surface area contributed by atoms with Gasteiger partial charge in [0.1, 0.15) is 5.75 Å². The number of methoxy groups -OCH3 is 1. The number of aliphatic hydroxyl groups is 1. The SMILES string of the molecule is COc1ccc(Br)c(CC(=O)N(CC(C)O)C(C)C)c1. The molecule has 1 aromatic rings. The highest BCUT2D eigenvalue weighted by Crippen LogP contribution is 2.23. The predicted molar refractivity (Wildman–Crippen MR) is 82.9 cm³/mol. The Hall–Kier alpha value is -1.07. The molecule has 0 aromatic heterocycles. The molecule has 1 aromatic carbocycles. The fourth-order valence-electron chi connectivity index (χ4n) is 1.96. The Morgan fingerprint density at radius 3 is 2.55 bits per heavy atom. The molecule has 1 unspecified atom stereocenters. The first-order valence-electron chi connectivity index (χ1n) is 6.65. The zero-order valence-electron chi connectivity index (χ0n) is 12.4. The molecule has 0 radical (unpaired) electrons. The topological polar surface area (TPSA) is 49.8 Å². The van der Waals surface area contributed by atoms with Crippen molar-refractivity contribution in [2.75, 3.05) is 13.7 Å². The molecule has 20 heavy (non-hydrogen) atoms. The Morgan fingerprint density at radius 1 is 1.40 bits per heavy atom. The molecule has 0 saturated carbocycles. The maximum Gasteiger partial charge on any atom is 0.227 e.